The summed E-state index contributed by atoms with van der Waals surface area (Å²) in [6.45, 7) is 8.22. The van der Waals surface area contributed by atoms with Crippen molar-refractivity contribution in [2.75, 3.05) is 0 Å². The fourth-order valence-electron chi connectivity index (χ4n) is 3.49. The lowest BCUT2D eigenvalue weighted by Gasteiger charge is -2.49. The molecule has 110 valence electrons. The molecule has 2 unspecified atom stereocenters. The third kappa shape index (κ3) is 2.86. The quantitative estimate of drug-likeness (QED) is 0.575. The zero-order chi connectivity index (χ0) is 15.0. The molecule has 3 N–H and O–H groups in total. The Morgan fingerprint density at radius 3 is 2.35 bits per heavy atom. The second kappa shape index (κ2) is 5.19. The van der Waals surface area contributed by atoms with Crippen molar-refractivity contribution in [3.63, 3.8) is 0 Å². The summed E-state index contributed by atoms with van der Waals surface area (Å²) in [7, 11) is 0. The van der Waals surface area contributed by atoms with Crippen LogP contribution in [0.15, 0.2) is 35.5 Å². The second-order valence-electron chi connectivity index (χ2n) is 6.83. The van der Waals surface area contributed by atoms with Crippen LogP contribution < -0.4 is 5.32 Å². The number of aliphatic hydroxyl groups is 1. The van der Waals surface area contributed by atoms with Gasteiger partial charge < -0.3 is 15.6 Å². The molecule has 0 radical (unpaired) electrons. The number of hydrogen-bond acceptors (Lipinski definition) is 4. The Hall–Kier alpha value is -1.39. The standard InChI is InChI=1S/C16H24N2O2/c1-15(2)10-12(17-20)13(16(3,4)18-15)14(19)11-8-6-5-7-9-11/h5-9,13-14,18-20H,10H2,1-4H3/b17-12-. The van der Waals surface area contributed by atoms with Crippen LogP contribution >= 0.6 is 0 Å². The number of aliphatic hydroxyl groups excluding tert-OH is 1. The zero-order valence-electron chi connectivity index (χ0n) is 12.6. The van der Waals surface area contributed by atoms with Gasteiger partial charge in [-0.1, -0.05) is 35.5 Å². The molecule has 0 saturated carbocycles. The van der Waals surface area contributed by atoms with Crippen LogP contribution in [0.5, 0.6) is 0 Å². The van der Waals surface area contributed by atoms with Gasteiger partial charge >= 0.3 is 0 Å². The van der Waals surface area contributed by atoms with Gasteiger partial charge in [-0.2, -0.15) is 0 Å². The Morgan fingerprint density at radius 2 is 1.80 bits per heavy atom. The van der Waals surface area contributed by atoms with Crippen LogP contribution in [0.1, 0.15) is 45.8 Å². The van der Waals surface area contributed by atoms with E-state index in [0.29, 0.717) is 12.1 Å². The molecule has 4 heteroatoms. The molecule has 20 heavy (non-hydrogen) atoms. The highest BCUT2D eigenvalue weighted by atomic mass is 16.4. The molecule has 1 aromatic rings. The summed E-state index contributed by atoms with van der Waals surface area (Å²) < 4.78 is 0. The Bertz CT molecular complexity index is 494. The van der Waals surface area contributed by atoms with Crippen molar-refractivity contribution in [3.05, 3.63) is 35.9 Å². The fraction of sp³-hybridized carbons (Fsp3) is 0.562. The number of nitrogens with one attached hydrogen (secondary N) is 1. The molecule has 0 aliphatic carbocycles. The van der Waals surface area contributed by atoms with E-state index in [0.717, 1.165) is 5.56 Å². The normalized spacial score (nSPS) is 28.2. The van der Waals surface area contributed by atoms with Crippen molar-refractivity contribution in [3.8, 4) is 0 Å². The molecule has 0 aromatic heterocycles. The molecular weight excluding hydrogens is 252 g/mol. The summed E-state index contributed by atoms with van der Waals surface area (Å²) in [5, 5.41) is 27.1. The molecule has 1 heterocycles. The summed E-state index contributed by atoms with van der Waals surface area (Å²) in [4.78, 5) is 0. The first kappa shape index (κ1) is 15.0. The highest BCUT2D eigenvalue weighted by molar-refractivity contribution is 5.90. The van der Waals surface area contributed by atoms with Gasteiger partial charge in [-0.15, -0.1) is 0 Å². The van der Waals surface area contributed by atoms with E-state index < -0.39 is 6.10 Å². The molecule has 1 aliphatic heterocycles. The van der Waals surface area contributed by atoms with Crippen LogP contribution in [0.4, 0.5) is 0 Å². The minimum atomic E-state index is -0.694. The maximum atomic E-state index is 10.7. The van der Waals surface area contributed by atoms with Crippen molar-refractivity contribution in [2.24, 2.45) is 11.1 Å². The van der Waals surface area contributed by atoms with E-state index in [-0.39, 0.29) is 17.0 Å². The van der Waals surface area contributed by atoms with Crippen molar-refractivity contribution in [2.45, 2.75) is 51.3 Å². The first-order chi connectivity index (χ1) is 9.27. The first-order valence-electron chi connectivity index (χ1n) is 7.00. The smallest absolute Gasteiger partial charge is 0.0889 e. The molecule has 0 amide bonds. The molecule has 2 atom stereocenters. The molecule has 0 bridgehead atoms. The monoisotopic (exact) mass is 276 g/mol. The Morgan fingerprint density at radius 1 is 1.20 bits per heavy atom. The van der Waals surface area contributed by atoms with Gasteiger partial charge in [-0.25, -0.2) is 0 Å². The lowest BCUT2D eigenvalue weighted by atomic mass is 9.69. The van der Waals surface area contributed by atoms with Gasteiger partial charge in [0.1, 0.15) is 0 Å². The van der Waals surface area contributed by atoms with E-state index >= 15 is 0 Å². The maximum Gasteiger partial charge on any atom is 0.0889 e. The number of nitrogens with zero attached hydrogens (tertiary/aromatic N) is 1. The minimum Gasteiger partial charge on any atom is -0.411 e. The molecule has 1 saturated heterocycles. The van der Waals surface area contributed by atoms with Crippen LogP contribution in [0.3, 0.4) is 0 Å². The van der Waals surface area contributed by atoms with E-state index in [1.54, 1.807) is 0 Å². The number of oxime groups is 1. The summed E-state index contributed by atoms with van der Waals surface area (Å²) >= 11 is 0. The molecule has 2 rings (SSSR count). The second-order valence-corrected chi connectivity index (χ2v) is 6.83. The van der Waals surface area contributed by atoms with Gasteiger partial charge in [0.2, 0.25) is 0 Å². The van der Waals surface area contributed by atoms with E-state index in [9.17, 15) is 10.3 Å². The molecule has 1 aromatic carbocycles. The highest BCUT2D eigenvalue weighted by Gasteiger charge is 2.47. The third-order valence-corrected chi connectivity index (χ3v) is 4.01. The van der Waals surface area contributed by atoms with Gasteiger partial charge in [-0.05, 0) is 33.3 Å². The van der Waals surface area contributed by atoms with Crippen LogP contribution in [-0.2, 0) is 0 Å². The Balaban J connectivity index is 2.38. The van der Waals surface area contributed by atoms with E-state index in [1.807, 2.05) is 44.2 Å². The number of rotatable bonds is 2. The highest BCUT2D eigenvalue weighted by Crippen LogP contribution is 2.39. The summed E-state index contributed by atoms with van der Waals surface area (Å²) in [5.74, 6) is -0.261. The number of hydrogen-bond donors (Lipinski definition) is 3. The Kier molecular flexibility index (Phi) is 3.89. The maximum absolute atomic E-state index is 10.7. The van der Waals surface area contributed by atoms with Gasteiger partial charge in [0, 0.05) is 23.4 Å². The van der Waals surface area contributed by atoms with Crippen molar-refractivity contribution in [1.82, 2.24) is 5.32 Å². The Labute approximate surface area is 120 Å². The van der Waals surface area contributed by atoms with Gasteiger partial charge in [0.05, 0.1) is 11.8 Å². The summed E-state index contributed by atoms with van der Waals surface area (Å²) in [6, 6.07) is 9.53. The van der Waals surface area contributed by atoms with Gasteiger partial charge in [-0.3, -0.25) is 0 Å². The van der Waals surface area contributed by atoms with E-state index in [4.69, 9.17) is 0 Å². The average molecular weight is 276 g/mol. The van der Waals surface area contributed by atoms with E-state index in [1.165, 1.54) is 0 Å². The van der Waals surface area contributed by atoms with E-state index in [2.05, 4.69) is 24.3 Å². The van der Waals surface area contributed by atoms with Gasteiger partial charge in [0.15, 0.2) is 0 Å². The SMILES string of the molecule is CC1(C)C/C(=N/O)C(C(O)c2ccccc2)C(C)(C)N1. The van der Waals surface area contributed by atoms with Crippen molar-refractivity contribution >= 4 is 5.71 Å². The molecule has 4 nitrogen and oxygen atoms in total. The predicted octanol–water partition coefficient (Wildman–Crippen LogP) is 2.72. The summed E-state index contributed by atoms with van der Waals surface area (Å²) in [5.41, 5.74) is 0.972. The van der Waals surface area contributed by atoms with Gasteiger partial charge in [0.25, 0.3) is 0 Å². The summed E-state index contributed by atoms with van der Waals surface area (Å²) in [6.07, 6.45) is -0.0812. The van der Waals surface area contributed by atoms with Crippen LogP contribution in [0, 0.1) is 5.92 Å². The number of benzene rings is 1. The molecular formula is C16H24N2O2. The topological polar surface area (TPSA) is 64.9 Å². The average Bonchev–Trinajstić information content (AvgIpc) is 2.36. The predicted molar refractivity (Wildman–Crippen MR) is 80.0 cm³/mol. The zero-order valence-corrected chi connectivity index (χ0v) is 12.6. The van der Waals surface area contributed by atoms with Crippen LogP contribution in [-0.4, -0.2) is 27.1 Å². The lowest BCUT2D eigenvalue weighted by Crippen LogP contribution is -2.64. The minimum absolute atomic E-state index is 0.155. The first-order valence-corrected chi connectivity index (χ1v) is 7.00. The molecule has 1 aliphatic rings. The van der Waals surface area contributed by atoms with Crippen LogP contribution in [0.2, 0.25) is 0 Å². The molecule has 0 spiro atoms. The number of piperidine rings is 1. The van der Waals surface area contributed by atoms with Crippen LogP contribution in [0.25, 0.3) is 0 Å². The largest absolute Gasteiger partial charge is 0.411 e. The molecule has 1 fully saturated rings. The lowest BCUT2D eigenvalue weighted by molar-refractivity contribution is 0.0629. The van der Waals surface area contributed by atoms with Crippen molar-refractivity contribution in [1.29, 1.82) is 0 Å². The third-order valence-electron chi connectivity index (χ3n) is 4.01. The van der Waals surface area contributed by atoms with Crippen molar-refractivity contribution < 1.29 is 10.3 Å². The fourth-order valence-corrected chi connectivity index (χ4v) is 3.49.